The zero-order chi connectivity index (χ0) is 33.4. The van der Waals surface area contributed by atoms with Crippen LogP contribution in [0.4, 0.5) is 20.3 Å². The molecule has 2 aromatic heterocycles. The molecule has 46 heavy (non-hydrogen) atoms. The molecule has 2 heterocycles. The van der Waals surface area contributed by atoms with Gasteiger partial charge in [-0.2, -0.15) is 4.39 Å². The number of imidazole rings is 1. The number of ether oxygens (including phenoxy) is 1. The van der Waals surface area contributed by atoms with E-state index in [9.17, 15) is 18.4 Å². The number of guanidine groups is 1. The number of hydrogen-bond donors (Lipinski definition) is 7. The summed E-state index contributed by atoms with van der Waals surface area (Å²) >= 11 is 0. The smallest absolute Gasteiger partial charge is 0.251 e. The molecule has 15 heteroatoms. The summed E-state index contributed by atoms with van der Waals surface area (Å²) in [4.78, 5) is 34.2. The van der Waals surface area contributed by atoms with Gasteiger partial charge in [-0.25, -0.2) is 14.4 Å². The molecule has 0 spiro atoms. The number of benzene rings is 2. The van der Waals surface area contributed by atoms with E-state index in [1.165, 1.54) is 31.6 Å². The van der Waals surface area contributed by atoms with Gasteiger partial charge < -0.3 is 37.5 Å². The van der Waals surface area contributed by atoms with E-state index in [1.54, 1.807) is 29.7 Å². The molecule has 0 saturated carbocycles. The number of fused-ring (bicyclic) bond motifs is 1. The number of rotatable bonds is 14. The van der Waals surface area contributed by atoms with Crippen LogP contribution in [0.15, 0.2) is 48.9 Å². The Morgan fingerprint density at radius 2 is 1.91 bits per heavy atom. The zero-order valence-electron chi connectivity index (χ0n) is 25.8. The zero-order valence-corrected chi connectivity index (χ0v) is 25.8. The molecule has 0 unspecified atom stereocenters. The number of methoxy groups -OCH3 is 1. The molecule has 0 aliphatic rings. The number of aryl methyl sites for hydroxylation is 1. The van der Waals surface area contributed by atoms with Crippen LogP contribution in [0.25, 0.3) is 16.9 Å². The van der Waals surface area contributed by atoms with Crippen molar-refractivity contribution in [2.45, 2.75) is 45.2 Å². The Labute approximate surface area is 264 Å². The standard InChI is InChI=1S/C31H38F2N10O3/c1-4-18-14-19(7-8-20(18)29(44)40-15-17(2)41-30(45)22(34)6-5-11-38-31(35)36)42-27-28-39-16-23(43(28)13-12-37-27)21-9-10-24(46-3)26(33)25(21)32/h7-10,12-14,16-17,22H,4-6,11,15,34H2,1-3H3,(H,37,42)(H,40,44)(H,41,45)(H4,35,36,38)/t17-,22+/m1/s1. The molecular formula is C31H38F2N10O3. The van der Waals surface area contributed by atoms with Crippen molar-refractivity contribution in [3.05, 3.63) is 71.7 Å². The molecule has 0 aliphatic carbocycles. The van der Waals surface area contributed by atoms with Crippen LogP contribution in [0, 0.1) is 17.0 Å². The SMILES string of the molecule is CCc1cc(Nc2nccn3c(-c4ccc(OC)c(F)c4F)cnc23)ccc1C(=O)NC[C@@H](C)NC(=O)[C@@H](N)CCCNC(=N)N. The van der Waals surface area contributed by atoms with E-state index in [-0.39, 0.29) is 41.7 Å². The van der Waals surface area contributed by atoms with E-state index in [4.69, 9.17) is 21.6 Å². The number of hydrogen-bond acceptors (Lipinski definition) is 8. The summed E-state index contributed by atoms with van der Waals surface area (Å²) < 4.78 is 35.7. The molecule has 2 atom stereocenters. The summed E-state index contributed by atoms with van der Waals surface area (Å²) in [6, 6.07) is 6.94. The second-order valence-electron chi connectivity index (χ2n) is 10.6. The molecule has 13 nitrogen and oxygen atoms in total. The van der Waals surface area contributed by atoms with Gasteiger partial charge in [0.05, 0.1) is 25.0 Å². The van der Waals surface area contributed by atoms with Crippen molar-refractivity contribution < 1.29 is 23.1 Å². The number of amides is 2. The molecule has 244 valence electrons. The summed E-state index contributed by atoms with van der Waals surface area (Å²) in [5.41, 5.74) is 13.8. The van der Waals surface area contributed by atoms with Crippen LogP contribution in [0.3, 0.4) is 0 Å². The van der Waals surface area contributed by atoms with Crippen molar-refractivity contribution in [3.8, 4) is 17.0 Å². The molecule has 0 radical (unpaired) electrons. The summed E-state index contributed by atoms with van der Waals surface area (Å²) in [5, 5.41) is 18.7. The molecule has 0 aliphatic heterocycles. The van der Waals surface area contributed by atoms with E-state index in [0.717, 1.165) is 5.56 Å². The Morgan fingerprint density at radius 1 is 1.13 bits per heavy atom. The van der Waals surface area contributed by atoms with Crippen molar-refractivity contribution in [1.82, 2.24) is 30.3 Å². The van der Waals surface area contributed by atoms with Gasteiger partial charge in [-0.1, -0.05) is 6.92 Å². The van der Waals surface area contributed by atoms with Crippen LogP contribution in [0.1, 0.15) is 42.6 Å². The molecule has 9 N–H and O–H groups in total. The van der Waals surface area contributed by atoms with Crippen LogP contribution in [-0.2, 0) is 11.2 Å². The second-order valence-corrected chi connectivity index (χ2v) is 10.6. The van der Waals surface area contributed by atoms with Crippen LogP contribution < -0.4 is 37.5 Å². The number of nitrogens with two attached hydrogens (primary N) is 2. The minimum Gasteiger partial charge on any atom is -0.494 e. The van der Waals surface area contributed by atoms with Crippen molar-refractivity contribution in [1.29, 1.82) is 5.41 Å². The summed E-state index contributed by atoms with van der Waals surface area (Å²) in [7, 11) is 1.26. The maximum absolute atomic E-state index is 14.8. The lowest BCUT2D eigenvalue weighted by atomic mass is 10.0. The predicted molar refractivity (Wildman–Crippen MR) is 171 cm³/mol. The van der Waals surface area contributed by atoms with Crippen molar-refractivity contribution in [2.24, 2.45) is 11.5 Å². The van der Waals surface area contributed by atoms with Gasteiger partial charge in [0.2, 0.25) is 11.7 Å². The summed E-state index contributed by atoms with van der Waals surface area (Å²) in [5.74, 6) is -2.73. The molecule has 0 bridgehead atoms. The fraction of sp³-hybridized carbons (Fsp3) is 0.323. The Morgan fingerprint density at radius 3 is 2.63 bits per heavy atom. The van der Waals surface area contributed by atoms with Crippen LogP contribution in [-0.4, -0.2) is 64.4 Å². The molecule has 0 saturated heterocycles. The first kappa shape index (κ1) is 33.6. The van der Waals surface area contributed by atoms with Gasteiger partial charge in [0, 0.05) is 48.3 Å². The molecule has 0 fully saturated rings. The summed E-state index contributed by atoms with van der Waals surface area (Å²) in [6.45, 7) is 4.33. The molecule has 4 rings (SSSR count). The molecule has 2 amide bonds. The van der Waals surface area contributed by atoms with Gasteiger partial charge in [0.15, 0.2) is 29.0 Å². The van der Waals surface area contributed by atoms with Gasteiger partial charge in [-0.05, 0) is 62.1 Å². The first-order chi connectivity index (χ1) is 22.0. The number of nitrogens with zero attached hydrogens (tertiary/aromatic N) is 3. The Bertz CT molecular complexity index is 1730. The van der Waals surface area contributed by atoms with Crippen molar-refractivity contribution >= 4 is 34.9 Å². The molecule has 4 aromatic rings. The van der Waals surface area contributed by atoms with E-state index in [0.29, 0.717) is 54.2 Å². The Kier molecular flexibility index (Phi) is 11.0. The van der Waals surface area contributed by atoms with Gasteiger partial charge in [0.1, 0.15) is 0 Å². The monoisotopic (exact) mass is 636 g/mol. The Hall–Kier alpha value is -5.31. The average Bonchev–Trinajstić information content (AvgIpc) is 3.47. The van der Waals surface area contributed by atoms with Gasteiger partial charge in [-0.15, -0.1) is 0 Å². The van der Waals surface area contributed by atoms with Crippen LogP contribution >= 0.6 is 0 Å². The number of nitrogens with one attached hydrogen (secondary N) is 5. The minimum atomic E-state index is -1.09. The quantitative estimate of drug-likeness (QED) is 0.0618. The number of halogens is 2. The normalized spacial score (nSPS) is 12.3. The number of anilines is 2. The maximum Gasteiger partial charge on any atom is 0.251 e. The molecular weight excluding hydrogens is 598 g/mol. The summed E-state index contributed by atoms with van der Waals surface area (Å²) in [6.07, 6.45) is 6.09. The topological polar surface area (TPSA) is 198 Å². The number of carbonyl (C=O) groups excluding carboxylic acids is 2. The largest absolute Gasteiger partial charge is 0.494 e. The minimum absolute atomic E-state index is 0.0158. The van der Waals surface area contributed by atoms with Crippen LogP contribution in [0.2, 0.25) is 0 Å². The first-order valence-corrected chi connectivity index (χ1v) is 14.7. The average molecular weight is 637 g/mol. The highest BCUT2D eigenvalue weighted by Gasteiger charge is 2.20. The van der Waals surface area contributed by atoms with E-state index in [1.807, 2.05) is 13.0 Å². The highest BCUT2D eigenvalue weighted by atomic mass is 19.2. The van der Waals surface area contributed by atoms with E-state index >= 15 is 0 Å². The highest BCUT2D eigenvalue weighted by Crippen LogP contribution is 2.31. The lowest BCUT2D eigenvalue weighted by Crippen LogP contribution is -2.48. The van der Waals surface area contributed by atoms with Crippen LogP contribution in [0.5, 0.6) is 5.75 Å². The Balaban J connectivity index is 1.40. The fourth-order valence-corrected chi connectivity index (χ4v) is 4.83. The number of carbonyl (C=O) groups is 2. The third kappa shape index (κ3) is 7.85. The fourth-order valence-electron chi connectivity index (χ4n) is 4.83. The first-order valence-electron chi connectivity index (χ1n) is 14.7. The highest BCUT2D eigenvalue weighted by molar-refractivity contribution is 5.96. The lowest BCUT2D eigenvalue weighted by Gasteiger charge is -2.19. The van der Waals surface area contributed by atoms with Gasteiger partial charge >= 0.3 is 0 Å². The van der Waals surface area contributed by atoms with Gasteiger partial charge in [0.25, 0.3) is 5.91 Å². The van der Waals surface area contributed by atoms with E-state index in [2.05, 4.69) is 31.2 Å². The number of aromatic nitrogens is 3. The maximum atomic E-state index is 14.8. The van der Waals surface area contributed by atoms with E-state index < -0.39 is 17.7 Å². The predicted octanol–water partition coefficient (Wildman–Crippen LogP) is 2.81. The third-order valence-electron chi connectivity index (χ3n) is 7.27. The lowest BCUT2D eigenvalue weighted by molar-refractivity contribution is -0.123. The van der Waals surface area contributed by atoms with Gasteiger partial charge in [-0.3, -0.25) is 19.4 Å². The molecule has 2 aromatic carbocycles. The van der Waals surface area contributed by atoms with Crippen molar-refractivity contribution in [3.63, 3.8) is 0 Å². The van der Waals surface area contributed by atoms with Crippen molar-refractivity contribution in [2.75, 3.05) is 25.5 Å². The second kappa shape index (κ2) is 15.1. The third-order valence-corrected chi connectivity index (χ3v) is 7.27.